The average molecular weight is 482 g/mol. The Hall–Kier alpha value is -3.31. The number of carbonyl (C=O) groups is 2. The van der Waals surface area contributed by atoms with E-state index in [1.54, 1.807) is 32.9 Å². The summed E-state index contributed by atoms with van der Waals surface area (Å²) in [5.74, 6) is -1.32. The van der Waals surface area contributed by atoms with Crippen LogP contribution in [0.5, 0.6) is 0 Å². The van der Waals surface area contributed by atoms with Crippen molar-refractivity contribution in [2.75, 3.05) is 6.26 Å². The summed E-state index contributed by atoms with van der Waals surface area (Å²) in [7, 11) is -3.62. The van der Waals surface area contributed by atoms with Crippen LogP contribution in [0.4, 0.5) is 4.39 Å². The highest BCUT2D eigenvalue weighted by molar-refractivity contribution is 7.90. The molecule has 8 heteroatoms. The van der Waals surface area contributed by atoms with Crippen molar-refractivity contribution in [3.05, 3.63) is 69.5 Å². The van der Waals surface area contributed by atoms with Gasteiger partial charge in [0.25, 0.3) is 0 Å². The largest absolute Gasteiger partial charge is 0.457 e. The van der Waals surface area contributed by atoms with Crippen LogP contribution in [0.2, 0.25) is 0 Å². The summed E-state index contributed by atoms with van der Waals surface area (Å²) in [5.41, 5.74) is 2.11. The molecule has 0 radical (unpaired) electrons. The minimum Gasteiger partial charge on any atom is -0.457 e. The Morgan fingerprint density at radius 2 is 1.88 bits per heavy atom. The average Bonchev–Trinajstić information content (AvgIpc) is 3.13. The van der Waals surface area contributed by atoms with Gasteiger partial charge in [0.2, 0.25) is 0 Å². The maximum absolute atomic E-state index is 14.4. The fourth-order valence-corrected chi connectivity index (χ4v) is 5.43. The van der Waals surface area contributed by atoms with Crippen LogP contribution in [0.25, 0.3) is 5.57 Å². The number of hydrogen-bond acceptors (Lipinski definition) is 6. The van der Waals surface area contributed by atoms with Gasteiger partial charge in [-0.2, -0.15) is 5.26 Å². The molecule has 176 valence electrons. The number of nitrogens with zero attached hydrogens (tertiary/aromatic N) is 1. The van der Waals surface area contributed by atoms with Crippen molar-refractivity contribution in [3.8, 4) is 6.07 Å². The highest BCUT2D eigenvalue weighted by Gasteiger charge is 2.35. The molecule has 0 N–H and O–H groups in total. The number of benzene rings is 2. The van der Waals surface area contributed by atoms with E-state index in [2.05, 4.69) is 0 Å². The Morgan fingerprint density at radius 1 is 1.18 bits per heavy atom. The third-order valence-electron chi connectivity index (χ3n) is 6.11. The lowest BCUT2D eigenvalue weighted by molar-refractivity contribution is -0.159. The molecule has 2 aliphatic rings. The van der Waals surface area contributed by atoms with Gasteiger partial charge in [-0.05, 0) is 62.1 Å². The number of ether oxygens (including phenoxy) is 1. The third-order valence-corrected chi connectivity index (χ3v) is 7.25. The number of esters is 1. The predicted octanol–water partition coefficient (Wildman–Crippen LogP) is 4.70. The van der Waals surface area contributed by atoms with E-state index in [0.29, 0.717) is 34.2 Å². The predicted molar refractivity (Wildman–Crippen MR) is 123 cm³/mol. The van der Waals surface area contributed by atoms with Crippen molar-refractivity contribution < 1.29 is 27.1 Å². The molecular formula is C26H24FNO5S. The Balaban J connectivity index is 1.92. The molecule has 34 heavy (non-hydrogen) atoms. The first-order valence-corrected chi connectivity index (χ1v) is 12.8. The molecule has 2 aromatic rings. The zero-order valence-electron chi connectivity index (χ0n) is 19.4. The van der Waals surface area contributed by atoms with Gasteiger partial charge < -0.3 is 4.74 Å². The standard InChI is InChI=1S/C26H24FNO5S/c1-26(2,3)25(30)33-21-9-6-17(23-14(13-28)11-15(27)12-19(21)23)16-7-10-22(34(4,31)32)24-18(16)5-8-20(24)29/h6-7,10-12,21H,5,8-9H2,1-4H3/t21-/m1/s1. The van der Waals surface area contributed by atoms with E-state index in [9.17, 15) is 27.7 Å². The highest BCUT2D eigenvalue weighted by Crippen LogP contribution is 2.44. The molecule has 1 atom stereocenters. The summed E-state index contributed by atoms with van der Waals surface area (Å²) in [4.78, 5) is 25.2. The van der Waals surface area contributed by atoms with E-state index < -0.39 is 33.1 Å². The van der Waals surface area contributed by atoms with Gasteiger partial charge >= 0.3 is 5.97 Å². The van der Waals surface area contributed by atoms with Crippen molar-refractivity contribution >= 4 is 27.2 Å². The monoisotopic (exact) mass is 481 g/mol. The molecule has 0 heterocycles. The molecular weight excluding hydrogens is 457 g/mol. The number of ketones is 1. The molecule has 0 aromatic heterocycles. The van der Waals surface area contributed by atoms with Crippen molar-refractivity contribution in [2.24, 2.45) is 5.41 Å². The van der Waals surface area contributed by atoms with E-state index in [0.717, 1.165) is 12.3 Å². The van der Waals surface area contributed by atoms with E-state index in [-0.39, 0.29) is 34.6 Å². The first-order valence-electron chi connectivity index (χ1n) is 10.9. The Labute approximate surface area is 198 Å². The van der Waals surface area contributed by atoms with Crippen molar-refractivity contribution in [3.63, 3.8) is 0 Å². The number of carbonyl (C=O) groups excluding carboxylic acids is 2. The van der Waals surface area contributed by atoms with Crippen LogP contribution in [-0.4, -0.2) is 26.4 Å². The summed E-state index contributed by atoms with van der Waals surface area (Å²) in [6.07, 6.45) is 2.89. The second-order valence-electron chi connectivity index (χ2n) is 9.69. The SMILES string of the molecule is CC(C)(C)C(=O)O[C@@H]1CC=C(c2ccc(S(C)(=O)=O)c3c2CCC3=O)c2c(C#N)cc(F)cc21. The molecule has 4 rings (SSSR count). The van der Waals surface area contributed by atoms with Gasteiger partial charge in [-0.25, -0.2) is 12.8 Å². The normalized spacial score (nSPS) is 17.5. The van der Waals surface area contributed by atoms with E-state index in [1.807, 2.05) is 6.07 Å². The van der Waals surface area contributed by atoms with Crippen LogP contribution < -0.4 is 0 Å². The lowest BCUT2D eigenvalue weighted by atomic mass is 9.80. The lowest BCUT2D eigenvalue weighted by Gasteiger charge is -2.29. The quantitative estimate of drug-likeness (QED) is 0.589. The summed E-state index contributed by atoms with van der Waals surface area (Å²) < 4.78 is 44.7. The third kappa shape index (κ3) is 4.05. The fourth-order valence-electron chi connectivity index (χ4n) is 4.50. The van der Waals surface area contributed by atoms with Crippen LogP contribution >= 0.6 is 0 Å². The van der Waals surface area contributed by atoms with Crippen molar-refractivity contribution in [1.29, 1.82) is 5.26 Å². The maximum Gasteiger partial charge on any atom is 0.311 e. The number of halogens is 1. The summed E-state index contributed by atoms with van der Waals surface area (Å²) >= 11 is 0. The summed E-state index contributed by atoms with van der Waals surface area (Å²) in [6, 6.07) is 7.46. The molecule has 0 fully saturated rings. The van der Waals surface area contributed by atoms with Crippen LogP contribution in [0.15, 0.2) is 35.2 Å². The summed E-state index contributed by atoms with van der Waals surface area (Å²) in [6.45, 7) is 5.16. The van der Waals surface area contributed by atoms with Crippen LogP contribution in [0.1, 0.15) is 77.9 Å². The van der Waals surface area contributed by atoms with Crippen molar-refractivity contribution in [2.45, 2.75) is 51.0 Å². The van der Waals surface area contributed by atoms with Gasteiger partial charge in [-0.15, -0.1) is 0 Å². The number of nitriles is 1. The van der Waals surface area contributed by atoms with Gasteiger partial charge in [0.05, 0.1) is 21.9 Å². The van der Waals surface area contributed by atoms with E-state index in [4.69, 9.17) is 4.74 Å². The van der Waals surface area contributed by atoms with Crippen molar-refractivity contribution in [1.82, 2.24) is 0 Å². The second-order valence-corrected chi connectivity index (χ2v) is 11.7. The van der Waals surface area contributed by atoms with Gasteiger partial charge in [-0.1, -0.05) is 12.1 Å². The van der Waals surface area contributed by atoms with Gasteiger partial charge in [-0.3, -0.25) is 9.59 Å². The fraction of sp³-hybridized carbons (Fsp3) is 0.346. The van der Waals surface area contributed by atoms with Gasteiger partial charge in [0.15, 0.2) is 15.6 Å². The smallest absolute Gasteiger partial charge is 0.311 e. The first kappa shape index (κ1) is 23.8. The highest BCUT2D eigenvalue weighted by atomic mass is 32.2. The molecule has 0 saturated carbocycles. The molecule has 0 amide bonds. The molecule has 6 nitrogen and oxygen atoms in total. The number of rotatable bonds is 3. The first-order chi connectivity index (χ1) is 15.8. The van der Waals surface area contributed by atoms with Gasteiger partial charge in [0, 0.05) is 35.8 Å². The molecule has 0 spiro atoms. The summed E-state index contributed by atoms with van der Waals surface area (Å²) in [5, 5.41) is 9.78. The topological polar surface area (TPSA) is 101 Å². The Morgan fingerprint density at radius 3 is 2.50 bits per heavy atom. The molecule has 0 unspecified atom stereocenters. The minimum atomic E-state index is -3.62. The van der Waals surface area contributed by atoms with E-state index in [1.165, 1.54) is 12.1 Å². The number of sulfone groups is 1. The number of Topliss-reactive ketones (excluding diaryl/α,β-unsaturated/α-hetero) is 1. The molecule has 2 aliphatic carbocycles. The molecule has 0 saturated heterocycles. The van der Waals surface area contributed by atoms with Crippen LogP contribution in [0, 0.1) is 22.6 Å². The number of fused-ring (bicyclic) bond motifs is 2. The van der Waals surface area contributed by atoms with Crippen LogP contribution in [0.3, 0.4) is 0 Å². The lowest BCUT2D eigenvalue weighted by Crippen LogP contribution is -2.26. The maximum atomic E-state index is 14.4. The Bertz CT molecular complexity index is 1420. The molecule has 2 aromatic carbocycles. The second kappa shape index (κ2) is 8.17. The van der Waals surface area contributed by atoms with Gasteiger partial charge in [0.1, 0.15) is 11.9 Å². The minimum absolute atomic E-state index is 0.0121. The Kier molecular flexibility index (Phi) is 5.73. The van der Waals surface area contributed by atoms with Crippen LogP contribution in [-0.2, 0) is 25.8 Å². The van der Waals surface area contributed by atoms with E-state index >= 15 is 0 Å². The molecule has 0 bridgehead atoms. The molecule has 0 aliphatic heterocycles. The zero-order chi connectivity index (χ0) is 25.0. The number of hydrogen-bond donors (Lipinski definition) is 0. The zero-order valence-corrected chi connectivity index (χ0v) is 20.2.